The van der Waals surface area contributed by atoms with Gasteiger partial charge in [0.05, 0.1) is 26.2 Å². The van der Waals surface area contributed by atoms with Crippen LogP contribution in [0.2, 0.25) is 0 Å². The number of amides is 1. The molecule has 1 amide bonds. The average Bonchev–Trinajstić information content (AvgIpc) is 2.54. The van der Waals surface area contributed by atoms with Crippen LogP contribution in [0.1, 0.15) is 11.1 Å². The van der Waals surface area contributed by atoms with Gasteiger partial charge in [0.2, 0.25) is 5.91 Å². The quantitative estimate of drug-likeness (QED) is 0.805. The molecule has 5 heteroatoms. The summed E-state index contributed by atoms with van der Waals surface area (Å²) in [6, 6.07) is 7.95. The van der Waals surface area contributed by atoms with Crippen LogP contribution in [0.15, 0.2) is 24.3 Å². The summed E-state index contributed by atoms with van der Waals surface area (Å²) >= 11 is 0. The Morgan fingerprint density at radius 2 is 2.00 bits per heavy atom. The first-order valence-electron chi connectivity index (χ1n) is 7.94. The van der Waals surface area contributed by atoms with Crippen molar-refractivity contribution in [3.8, 4) is 0 Å². The van der Waals surface area contributed by atoms with Crippen molar-refractivity contribution in [1.82, 2.24) is 9.80 Å². The number of morpholine rings is 1. The second-order valence-electron chi connectivity index (χ2n) is 5.66. The number of hydrogen-bond acceptors (Lipinski definition) is 4. The fraction of sp³-hybridized carbons (Fsp3) is 0.588. The molecule has 1 fully saturated rings. The normalized spacial score (nSPS) is 15.7. The van der Waals surface area contributed by atoms with E-state index in [9.17, 15) is 9.90 Å². The van der Waals surface area contributed by atoms with E-state index in [0.29, 0.717) is 19.5 Å². The number of nitrogens with zero attached hydrogens (tertiary/aromatic N) is 2. The van der Waals surface area contributed by atoms with E-state index in [1.54, 1.807) is 4.90 Å². The summed E-state index contributed by atoms with van der Waals surface area (Å²) in [7, 11) is 0. The highest BCUT2D eigenvalue weighted by atomic mass is 16.5. The molecule has 1 aliphatic rings. The molecule has 0 aromatic heterocycles. The maximum absolute atomic E-state index is 12.5. The van der Waals surface area contributed by atoms with Gasteiger partial charge in [0.15, 0.2) is 0 Å². The predicted molar refractivity (Wildman–Crippen MR) is 85.8 cm³/mol. The van der Waals surface area contributed by atoms with Crippen molar-refractivity contribution in [3.63, 3.8) is 0 Å². The number of carbonyl (C=O) groups excluding carboxylic acids is 1. The number of ether oxygens (including phenoxy) is 1. The molecule has 22 heavy (non-hydrogen) atoms. The fourth-order valence-corrected chi connectivity index (χ4v) is 2.65. The number of rotatable bonds is 7. The van der Waals surface area contributed by atoms with E-state index in [0.717, 1.165) is 44.0 Å². The van der Waals surface area contributed by atoms with Crippen LogP contribution >= 0.6 is 0 Å². The average molecular weight is 306 g/mol. The monoisotopic (exact) mass is 306 g/mol. The Bertz CT molecular complexity index is 473. The molecule has 1 heterocycles. The van der Waals surface area contributed by atoms with Gasteiger partial charge in [-0.15, -0.1) is 0 Å². The van der Waals surface area contributed by atoms with Crippen LogP contribution < -0.4 is 0 Å². The number of carbonyl (C=O) groups is 1. The molecule has 0 radical (unpaired) electrons. The van der Waals surface area contributed by atoms with E-state index in [4.69, 9.17) is 4.74 Å². The van der Waals surface area contributed by atoms with Crippen molar-refractivity contribution in [2.75, 3.05) is 52.5 Å². The molecule has 1 aromatic carbocycles. The van der Waals surface area contributed by atoms with Crippen LogP contribution in [0.4, 0.5) is 0 Å². The van der Waals surface area contributed by atoms with Crippen LogP contribution in [-0.4, -0.2) is 73.4 Å². The first-order valence-corrected chi connectivity index (χ1v) is 7.94. The largest absolute Gasteiger partial charge is 0.395 e. The Kier molecular flexibility index (Phi) is 6.83. The molecular weight excluding hydrogens is 280 g/mol. The molecule has 0 spiro atoms. The van der Waals surface area contributed by atoms with Crippen LogP contribution in [0.3, 0.4) is 0 Å². The lowest BCUT2D eigenvalue weighted by atomic mass is 10.1. The van der Waals surface area contributed by atoms with Gasteiger partial charge < -0.3 is 14.7 Å². The number of aliphatic hydroxyl groups is 1. The zero-order valence-electron chi connectivity index (χ0n) is 13.3. The van der Waals surface area contributed by atoms with Gasteiger partial charge in [-0.05, 0) is 18.1 Å². The lowest BCUT2D eigenvalue weighted by Gasteiger charge is -2.30. The third-order valence-electron chi connectivity index (χ3n) is 4.12. The van der Waals surface area contributed by atoms with Crippen molar-refractivity contribution in [2.45, 2.75) is 13.3 Å². The van der Waals surface area contributed by atoms with E-state index in [-0.39, 0.29) is 12.5 Å². The van der Waals surface area contributed by atoms with Gasteiger partial charge in [0.25, 0.3) is 0 Å². The molecule has 1 saturated heterocycles. The number of hydrogen-bond donors (Lipinski definition) is 1. The van der Waals surface area contributed by atoms with Gasteiger partial charge in [0, 0.05) is 32.7 Å². The maximum Gasteiger partial charge on any atom is 0.227 e. The van der Waals surface area contributed by atoms with Crippen molar-refractivity contribution in [1.29, 1.82) is 0 Å². The SMILES string of the molecule is Cc1ccccc1CC(=O)N(CCO)CCN1CCOCC1. The lowest BCUT2D eigenvalue weighted by molar-refractivity contribution is -0.131. The molecule has 1 aromatic rings. The molecule has 0 unspecified atom stereocenters. The highest BCUT2D eigenvalue weighted by Crippen LogP contribution is 2.09. The minimum Gasteiger partial charge on any atom is -0.395 e. The Balaban J connectivity index is 1.88. The van der Waals surface area contributed by atoms with Gasteiger partial charge in [0.1, 0.15) is 0 Å². The maximum atomic E-state index is 12.5. The molecule has 0 atom stereocenters. The van der Waals surface area contributed by atoms with Crippen LogP contribution in [0.25, 0.3) is 0 Å². The van der Waals surface area contributed by atoms with Crippen molar-refractivity contribution >= 4 is 5.91 Å². The Morgan fingerprint density at radius 3 is 2.68 bits per heavy atom. The molecule has 1 aliphatic heterocycles. The van der Waals surface area contributed by atoms with Crippen molar-refractivity contribution in [2.24, 2.45) is 0 Å². The number of aliphatic hydroxyl groups excluding tert-OH is 1. The van der Waals surface area contributed by atoms with E-state index < -0.39 is 0 Å². The zero-order valence-corrected chi connectivity index (χ0v) is 13.3. The summed E-state index contributed by atoms with van der Waals surface area (Å²) in [5.74, 6) is 0.0802. The topological polar surface area (TPSA) is 53.0 Å². The second kappa shape index (κ2) is 8.88. The number of aryl methyl sites for hydroxylation is 1. The van der Waals surface area contributed by atoms with Gasteiger partial charge in [-0.3, -0.25) is 9.69 Å². The van der Waals surface area contributed by atoms with Gasteiger partial charge in [-0.1, -0.05) is 24.3 Å². The first-order chi connectivity index (χ1) is 10.7. The molecule has 0 saturated carbocycles. The zero-order chi connectivity index (χ0) is 15.8. The number of benzene rings is 1. The molecular formula is C17H26N2O3. The van der Waals surface area contributed by atoms with E-state index in [1.165, 1.54) is 0 Å². The molecule has 0 bridgehead atoms. The summed E-state index contributed by atoms with van der Waals surface area (Å²) in [5.41, 5.74) is 2.19. The summed E-state index contributed by atoms with van der Waals surface area (Å²) < 4.78 is 5.33. The Morgan fingerprint density at radius 1 is 1.27 bits per heavy atom. The Hall–Kier alpha value is -1.43. The first kappa shape index (κ1) is 16.9. The molecule has 2 rings (SSSR count). The molecule has 1 N–H and O–H groups in total. The van der Waals surface area contributed by atoms with Crippen molar-refractivity contribution < 1.29 is 14.6 Å². The minimum absolute atomic E-state index is 0.00260. The van der Waals surface area contributed by atoms with Gasteiger partial charge in [-0.25, -0.2) is 0 Å². The van der Waals surface area contributed by atoms with Gasteiger partial charge >= 0.3 is 0 Å². The highest BCUT2D eigenvalue weighted by molar-refractivity contribution is 5.79. The lowest BCUT2D eigenvalue weighted by Crippen LogP contribution is -2.44. The molecule has 5 nitrogen and oxygen atoms in total. The fourth-order valence-electron chi connectivity index (χ4n) is 2.65. The highest BCUT2D eigenvalue weighted by Gasteiger charge is 2.17. The summed E-state index contributed by atoms with van der Waals surface area (Å²) in [6.07, 6.45) is 0.399. The standard InChI is InChI=1S/C17H26N2O3/c1-15-4-2-3-5-16(15)14-17(21)19(8-11-20)7-6-18-9-12-22-13-10-18/h2-5,20H,6-14H2,1H3. The minimum atomic E-state index is 0.00260. The summed E-state index contributed by atoms with van der Waals surface area (Å²) in [6.45, 7) is 7.27. The van der Waals surface area contributed by atoms with Gasteiger partial charge in [-0.2, -0.15) is 0 Å². The molecule has 0 aliphatic carbocycles. The summed E-state index contributed by atoms with van der Waals surface area (Å²) in [4.78, 5) is 16.6. The van der Waals surface area contributed by atoms with Crippen LogP contribution in [0.5, 0.6) is 0 Å². The van der Waals surface area contributed by atoms with E-state index >= 15 is 0 Å². The smallest absolute Gasteiger partial charge is 0.227 e. The van der Waals surface area contributed by atoms with Crippen LogP contribution in [-0.2, 0) is 16.0 Å². The molecule has 122 valence electrons. The third kappa shape index (κ3) is 5.09. The third-order valence-corrected chi connectivity index (χ3v) is 4.12. The van der Waals surface area contributed by atoms with Crippen LogP contribution in [0, 0.1) is 6.92 Å². The van der Waals surface area contributed by atoms with Crippen molar-refractivity contribution in [3.05, 3.63) is 35.4 Å². The van der Waals surface area contributed by atoms with E-state index in [1.807, 2.05) is 31.2 Å². The van der Waals surface area contributed by atoms with E-state index in [2.05, 4.69) is 4.90 Å². The Labute approximate surface area is 132 Å². The second-order valence-corrected chi connectivity index (χ2v) is 5.66. The predicted octanol–water partition coefficient (Wildman–Crippen LogP) is 0.691. The summed E-state index contributed by atoms with van der Waals surface area (Å²) in [5, 5.41) is 9.22.